The first-order chi connectivity index (χ1) is 19.8. The van der Waals surface area contributed by atoms with Crippen LogP contribution >= 0.6 is 46.0 Å². The highest BCUT2D eigenvalue weighted by Gasteiger charge is 2.37. The number of nitrogens with zero attached hydrogens (tertiary/aromatic N) is 3. The molecule has 2 fully saturated rings. The zero-order chi connectivity index (χ0) is 28.9. The lowest BCUT2D eigenvalue weighted by molar-refractivity contribution is -0.136. The van der Waals surface area contributed by atoms with Crippen molar-refractivity contribution in [2.75, 3.05) is 44.7 Å². The van der Waals surface area contributed by atoms with Gasteiger partial charge in [0.15, 0.2) is 11.5 Å². The number of methoxy groups -OCH3 is 1. The number of anilines is 1. The van der Waals surface area contributed by atoms with Crippen LogP contribution in [0.3, 0.4) is 0 Å². The normalized spacial score (nSPS) is 16.5. The van der Waals surface area contributed by atoms with E-state index in [9.17, 15) is 14.4 Å². The van der Waals surface area contributed by atoms with Crippen molar-refractivity contribution >= 4 is 74.8 Å². The molecule has 0 aliphatic carbocycles. The van der Waals surface area contributed by atoms with E-state index in [0.29, 0.717) is 54.9 Å². The Labute approximate surface area is 261 Å². The number of amides is 3. The van der Waals surface area contributed by atoms with E-state index < -0.39 is 11.1 Å². The fourth-order valence-electron chi connectivity index (χ4n) is 4.58. The van der Waals surface area contributed by atoms with Crippen LogP contribution in [-0.2, 0) is 16.2 Å². The predicted molar refractivity (Wildman–Crippen MR) is 169 cm³/mol. The number of rotatable bonds is 8. The molecule has 3 aromatic carbocycles. The maximum Gasteiger partial charge on any atom is 0.294 e. The van der Waals surface area contributed by atoms with Gasteiger partial charge in [0.1, 0.15) is 13.2 Å². The molecule has 2 saturated heterocycles. The Bertz CT molecular complexity index is 1480. The lowest BCUT2D eigenvalue weighted by atomic mass is 10.1. The number of para-hydroxylation sites is 1. The molecule has 0 aromatic heterocycles. The smallest absolute Gasteiger partial charge is 0.294 e. The minimum Gasteiger partial charge on any atom is -0.493 e. The van der Waals surface area contributed by atoms with E-state index in [1.54, 1.807) is 36.3 Å². The van der Waals surface area contributed by atoms with Gasteiger partial charge in [-0.25, -0.2) is 0 Å². The summed E-state index contributed by atoms with van der Waals surface area (Å²) in [5, 5.41) is 0.197. The van der Waals surface area contributed by atoms with E-state index in [-0.39, 0.29) is 17.4 Å². The fraction of sp³-hybridized carbons (Fsp3) is 0.233. The third-order valence-corrected chi connectivity index (χ3v) is 8.73. The first-order valence-electron chi connectivity index (χ1n) is 12.9. The number of hydrogen-bond donors (Lipinski definition) is 0. The van der Waals surface area contributed by atoms with Gasteiger partial charge in [0.2, 0.25) is 5.91 Å². The summed E-state index contributed by atoms with van der Waals surface area (Å²) in [7, 11) is 1.55. The molecule has 2 aliphatic rings. The van der Waals surface area contributed by atoms with Crippen LogP contribution in [0.5, 0.6) is 11.5 Å². The van der Waals surface area contributed by atoms with Gasteiger partial charge in [-0.2, -0.15) is 0 Å². The largest absolute Gasteiger partial charge is 0.493 e. The molecule has 0 unspecified atom stereocenters. The molecule has 0 saturated carbocycles. The van der Waals surface area contributed by atoms with E-state index >= 15 is 0 Å². The molecule has 3 amide bonds. The summed E-state index contributed by atoms with van der Waals surface area (Å²) < 4.78 is 12.4. The number of carbonyl (C=O) groups excluding carboxylic acids is 3. The van der Waals surface area contributed by atoms with Crippen LogP contribution in [0.2, 0.25) is 5.02 Å². The molecule has 0 atom stereocenters. The highest BCUT2D eigenvalue weighted by Crippen LogP contribution is 2.37. The van der Waals surface area contributed by atoms with Crippen LogP contribution in [0.15, 0.2) is 71.6 Å². The number of thioether (sulfide) groups is 1. The van der Waals surface area contributed by atoms with Crippen LogP contribution in [0.1, 0.15) is 11.1 Å². The van der Waals surface area contributed by atoms with Crippen molar-refractivity contribution in [1.29, 1.82) is 0 Å². The molecule has 212 valence electrons. The number of carbonyl (C=O) groups is 3. The zero-order valence-electron chi connectivity index (χ0n) is 22.2. The predicted octanol–water partition coefficient (Wildman–Crippen LogP) is 5.92. The Morgan fingerprint density at radius 2 is 1.73 bits per heavy atom. The second kappa shape index (κ2) is 13.2. The molecule has 3 aromatic rings. The van der Waals surface area contributed by atoms with Gasteiger partial charge in [0.05, 0.1) is 15.6 Å². The Balaban J connectivity index is 1.22. The fourth-order valence-corrected chi connectivity index (χ4v) is 6.32. The van der Waals surface area contributed by atoms with E-state index in [2.05, 4.69) is 27.5 Å². The number of imide groups is 1. The lowest BCUT2D eigenvalue weighted by Crippen LogP contribution is -2.51. The second-order valence-electron chi connectivity index (χ2n) is 9.42. The first-order valence-corrected chi connectivity index (χ1v) is 15.2. The lowest BCUT2D eigenvalue weighted by Gasteiger charge is -2.36. The monoisotopic (exact) mass is 703 g/mol. The van der Waals surface area contributed by atoms with Gasteiger partial charge < -0.3 is 19.3 Å². The average molecular weight is 704 g/mol. The molecular formula is C30H27ClIN3O5S. The van der Waals surface area contributed by atoms with Crippen molar-refractivity contribution in [1.82, 2.24) is 9.80 Å². The summed E-state index contributed by atoms with van der Waals surface area (Å²) in [5.74, 6) is 0.361. The zero-order valence-corrected chi connectivity index (χ0v) is 25.9. The average Bonchev–Trinajstić information content (AvgIpc) is 3.24. The molecule has 11 heteroatoms. The molecule has 8 nitrogen and oxygen atoms in total. The quantitative estimate of drug-likeness (QED) is 0.213. The topological polar surface area (TPSA) is 79.4 Å². The standard InChI is InChI=1S/C30H27ClIN3O5S/c1-39-25-16-21(15-24(32)28(25)40-19-20-7-9-22(31)10-8-20)17-26-29(37)35(30(38)41-26)18-27(36)34-13-11-33(12-14-34)23-5-3-2-4-6-23/h2-10,15-17H,11-14,18-19H2,1H3/b26-17+. The van der Waals surface area contributed by atoms with Crippen LogP contribution in [-0.4, -0.2) is 66.7 Å². The molecule has 0 bridgehead atoms. The van der Waals surface area contributed by atoms with Crippen LogP contribution < -0.4 is 14.4 Å². The summed E-state index contributed by atoms with van der Waals surface area (Å²) in [5.41, 5.74) is 2.75. The minimum absolute atomic E-state index is 0.236. The van der Waals surface area contributed by atoms with E-state index in [0.717, 1.165) is 31.5 Å². The van der Waals surface area contributed by atoms with Crippen molar-refractivity contribution in [3.63, 3.8) is 0 Å². The Kier molecular flexibility index (Phi) is 9.41. The van der Waals surface area contributed by atoms with Crippen molar-refractivity contribution in [2.45, 2.75) is 6.61 Å². The number of halogens is 2. The van der Waals surface area contributed by atoms with E-state index in [4.69, 9.17) is 21.1 Å². The third kappa shape index (κ3) is 6.99. The molecule has 2 aliphatic heterocycles. The van der Waals surface area contributed by atoms with Gasteiger partial charge in [-0.3, -0.25) is 19.3 Å². The van der Waals surface area contributed by atoms with Gasteiger partial charge >= 0.3 is 0 Å². The van der Waals surface area contributed by atoms with E-state index in [1.165, 1.54) is 0 Å². The molecule has 41 heavy (non-hydrogen) atoms. The van der Waals surface area contributed by atoms with Gasteiger partial charge in [0.25, 0.3) is 11.1 Å². The maximum absolute atomic E-state index is 13.1. The number of benzene rings is 3. The summed E-state index contributed by atoms with van der Waals surface area (Å²) in [6.45, 7) is 2.51. The van der Waals surface area contributed by atoms with Crippen molar-refractivity contribution in [2.24, 2.45) is 0 Å². The highest BCUT2D eigenvalue weighted by molar-refractivity contribution is 14.1. The third-order valence-electron chi connectivity index (χ3n) is 6.77. The summed E-state index contributed by atoms with van der Waals surface area (Å²) in [6.07, 6.45) is 1.64. The Morgan fingerprint density at radius 1 is 1.02 bits per heavy atom. The molecule has 5 rings (SSSR count). The summed E-state index contributed by atoms with van der Waals surface area (Å²) >= 11 is 8.94. The van der Waals surface area contributed by atoms with Crippen molar-refractivity contribution < 1.29 is 23.9 Å². The number of ether oxygens (including phenoxy) is 2. The molecule has 0 N–H and O–H groups in total. The molecule has 2 heterocycles. The second-order valence-corrected chi connectivity index (χ2v) is 12.0. The van der Waals surface area contributed by atoms with Gasteiger partial charge in [0, 0.05) is 36.9 Å². The molecular weight excluding hydrogens is 677 g/mol. The Hall–Kier alpha value is -3.22. The molecule has 0 radical (unpaired) electrons. The number of hydrogen-bond acceptors (Lipinski definition) is 7. The Morgan fingerprint density at radius 3 is 2.41 bits per heavy atom. The van der Waals surface area contributed by atoms with Crippen molar-refractivity contribution in [3.05, 3.63) is 91.4 Å². The SMILES string of the molecule is COc1cc(/C=C2/SC(=O)N(CC(=O)N3CCN(c4ccccc4)CC3)C2=O)cc(I)c1OCc1ccc(Cl)cc1. The van der Waals surface area contributed by atoms with Crippen LogP contribution in [0.4, 0.5) is 10.5 Å². The van der Waals surface area contributed by atoms with Gasteiger partial charge in [-0.05, 0) is 88.0 Å². The summed E-state index contributed by atoms with van der Waals surface area (Å²) in [6, 6.07) is 21.0. The van der Waals surface area contributed by atoms with E-state index in [1.807, 2.05) is 48.5 Å². The first kappa shape index (κ1) is 29.3. The molecule has 0 spiro atoms. The van der Waals surface area contributed by atoms with Gasteiger partial charge in [-0.1, -0.05) is 41.9 Å². The van der Waals surface area contributed by atoms with Crippen LogP contribution in [0.25, 0.3) is 6.08 Å². The maximum atomic E-state index is 13.1. The minimum atomic E-state index is -0.478. The highest BCUT2D eigenvalue weighted by atomic mass is 127. The van der Waals surface area contributed by atoms with Gasteiger partial charge in [-0.15, -0.1) is 0 Å². The number of piperazine rings is 1. The summed E-state index contributed by atoms with van der Waals surface area (Å²) in [4.78, 5) is 44.1. The van der Waals surface area contributed by atoms with Crippen molar-refractivity contribution in [3.8, 4) is 11.5 Å². The van der Waals surface area contributed by atoms with Crippen LogP contribution in [0, 0.1) is 3.57 Å².